The molecule has 0 saturated carbocycles. The smallest absolute Gasteiger partial charge is 0.190 e. The lowest BCUT2D eigenvalue weighted by molar-refractivity contribution is 0.0967. The summed E-state index contributed by atoms with van der Waals surface area (Å²) in [6.45, 7) is 1.46. The van der Waals surface area contributed by atoms with Crippen LogP contribution in [-0.2, 0) is 11.3 Å². The van der Waals surface area contributed by atoms with Crippen LogP contribution in [0.2, 0.25) is 0 Å². The summed E-state index contributed by atoms with van der Waals surface area (Å²) in [5, 5.41) is 1.96. The van der Waals surface area contributed by atoms with Gasteiger partial charge in [-0.15, -0.1) is 11.3 Å². The number of hydrogen-bond donors (Lipinski definition) is 0. The van der Waals surface area contributed by atoms with Crippen LogP contribution < -0.4 is 4.80 Å². The van der Waals surface area contributed by atoms with E-state index in [0.717, 1.165) is 35.6 Å². The molecule has 1 aliphatic heterocycles. The molecule has 0 N–H and O–H groups in total. The molecule has 4 nitrogen and oxygen atoms in total. The molecule has 128 valence electrons. The number of aromatic nitrogens is 2. The average molecular weight is 355 g/mol. The van der Waals surface area contributed by atoms with Gasteiger partial charge in [-0.1, -0.05) is 12.1 Å². The molecular formula is C19H18FN3OS. The van der Waals surface area contributed by atoms with Crippen LogP contribution in [0.5, 0.6) is 0 Å². The molecule has 0 radical (unpaired) electrons. The third-order valence-electron chi connectivity index (χ3n) is 4.23. The van der Waals surface area contributed by atoms with Crippen LogP contribution in [0, 0.1) is 5.82 Å². The first-order valence-electron chi connectivity index (χ1n) is 8.31. The molecule has 1 atom stereocenters. The van der Waals surface area contributed by atoms with E-state index in [4.69, 9.17) is 9.73 Å². The molecule has 0 amide bonds. The molecule has 0 bridgehead atoms. The third-order valence-corrected chi connectivity index (χ3v) is 5.09. The summed E-state index contributed by atoms with van der Waals surface area (Å²) >= 11 is 1.50. The summed E-state index contributed by atoms with van der Waals surface area (Å²) < 4.78 is 22.2. The Morgan fingerprint density at radius 3 is 2.96 bits per heavy atom. The van der Waals surface area contributed by atoms with Crippen molar-refractivity contribution in [2.24, 2.45) is 4.99 Å². The zero-order valence-corrected chi connectivity index (χ0v) is 14.5. The summed E-state index contributed by atoms with van der Waals surface area (Å²) in [7, 11) is 0. The van der Waals surface area contributed by atoms with Crippen LogP contribution in [0.25, 0.3) is 11.3 Å². The summed E-state index contributed by atoms with van der Waals surface area (Å²) in [5.74, 6) is -0.227. The lowest BCUT2D eigenvalue weighted by atomic mass is 10.1. The Bertz CT molecular complexity index is 914. The molecule has 1 aliphatic rings. The van der Waals surface area contributed by atoms with E-state index in [1.165, 1.54) is 17.4 Å². The fraction of sp³-hybridized carbons (Fsp3) is 0.263. The van der Waals surface area contributed by atoms with E-state index < -0.39 is 0 Å². The maximum absolute atomic E-state index is 14.3. The lowest BCUT2D eigenvalue weighted by Crippen LogP contribution is -2.24. The van der Waals surface area contributed by atoms with Crippen LogP contribution in [-0.4, -0.2) is 22.3 Å². The van der Waals surface area contributed by atoms with Crippen molar-refractivity contribution in [3.05, 3.63) is 64.8 Å². The van der Waals surface area contributed by atoms with Gasteiger partial charge in [-0.25, -0.2) is 9.38 Å². The number of pyridine rings is 1. The van der Waals surface area contributed by atoms with Gasteiger partial charge in [-0.05, 0) is 37.1 Å². The number of rotatable bonds is 4. The quantitative estimate of drug-likeness (QED) is 0.705. The first-order valence-corrected chi connectivity index (χ1v) is 9.19. The van der Waals surface area contributed by atoms with Gasteiger partial charge in [0.1, 0.15) is 5.82 Å². The maximum atomic E-state index is 14.3. The highest BCUT2D eigenvalue weighted by atomic mass is 32.1. The maximum Gasteiger partial charge on any atom is 0.190 e. The van der Waals surface area contributed by atoms with E-state index in [-0.39, 0.29) is 11.9 Å². The summed E-state index contributed by atoms with van der Waals surface area (Å²) in [6.07, 6.45) is 5.68. The Labute approximate surface area is 149 Å². The van der Waals surface area contributed by atoms with Crippen LogP contribution in [0.15, 0.2) is 59.2 Å². The van der Waals surface area contributed by atoms with Gasteiger partial charge in [0.15, 0.2) is 4.80 Å². The van der Waals surface area contributed by atoms with Gasteiger partial charge < -0.3 is 9.30 Å². The van der Waals surface area contributed by atoms with Crippen molar-refractivity contribution in [1.29, 1.82) is 0 Å². The largest absolute Gasteiger partial charge is 0.376 e. The minimum absolute atomic E-state index is 0.146. The Balaban J connectivity index is 1.82. The number of hydrogen-bond acceptors (Lipinski definition) is 4. The van der Waals surface area contributed by atoms with Gasteiger partial charge in [0.25, 0.3) is 0 Å². The molecule has 1 saturated heterocycles. The summed E-state index contributed by atoms with van der Waals surface area (Å²) in [4.78, 5) is 9.63. The normalized spacial score (nSPS) is 18.0. The second kappa shape index (κ2) is 7.29. The average Bonchev–Trinajstić information content (AvgIpc) is 3.28. The molecule has 3 heterocycles. The predicted octanol–water partition coefficient (Wildman–Crippen LogP) is 4.16. The monoisotopic (exact) mass is 355 g/mol. The van der Waals surface area contributed by atoms with E-state index in [1.807, 2.05) is 23.6 Å². The minimum atomic E-state index is -0.227. The molecule has 1 fully saturated rings. The highest BCUT2D eigenvalue weighted by molar-refractivity contribution is 7.07. The van der Waals surface area contributed by atoms with Crippen LogP contribution >= 0.6 is 11.3 Å². The zero-order valence-electron chi connectivity index (χ0n) is 13.6. The van der Waals surface area contributed by atoms with E-state index in [0.29, 0.717) is 12.1 Å². The Hall–Kier alpha value is -2.31. The molecular weight excluding hydrogens is 337 g/mol. The van der Waals surface area contributed by atoms with Gasteiger partial charge in [0.05, 0.1) is 30.2 Å². The molecule has 25 heavy (non-hydrogen) atoms. The van der Waals surface area contributed by atoms with E-state index in [1.54, 1.807) is 24.5 Å². The van der Waals surface area contributed by atoms with Crippen LogP contribution in [0.1, 0.15) is 12.8 Å². The number of halogens is 1. The zero-order chi connectivity index (χ0) is 17.1. The number of ether oxygens (including phenoxy) is 1. The van der Waals surface area contributed by atoms with E-state index in [2.05, 4.69) is 9.55 Å². The second-order valence-electron chi connectivity index (χ2n) is 5.95. The molecule has 1 aromatic carbocycles. The van der Waals surface area contributed by atoms with Gasteiger partial charge in [-0.2, -0.15) is 0 Å². The van der Waals surface area contributed by atoms with Crippen LogP contribution in [0.4, 0.5) is 10.1 Å². The fourth-order valence-corrected chi connectivity index (χ4v) is 3.93. The molecule has 0 spiro atoms. The van der Waals surface area contributed by atoms with Crippen LogP contribution in [0.3, 0.4) is 0 Å². The molecule has 3 aromatic rings. The first kappa shape index (κ1) is 16.2. The Kier molecular flexibility index (Phi) is 4.72. The van der Waals surface area contributed by atoms with Crippen molar-refractivity contribution in [2.75, 3.05) is 6.61 Å². The minimum Gasteiger partial charge on any atom is -0.376 e. The Morgan fingerprint density at radius 1 is 1.28 bits per heavy atom. The molecule has 0 aliphatic carbocycles. The molecule has 1 unspecified atom stereocenters. The van der Waals surface area contributed by atoms with Crippen molar-refractivity contribution in [3.63, 3.8) is 0 Å². The SMILES string of the molecule is Fc1ccccc1-c1csc(=Nc2cccnc2)n1CC1CCCO1. The highest BCUT2D eigenvalue weighted by Crippen LogP contribution is 2.25. The van der Waals surface area contributed by atoms with Gasteiger partial charge in [0, 0.05) is 23.7 Å². The standard InChI is InChI=1S/C19H18FN3OS/c20-17-8-2-1-7-16(17)18-13-25-19(22-14-5-3-9-21-11-14)23(18)12-15-6-4-10-24-15/h1-3,5,7-9,11,13,15H,4,6,10,12H2. The topological polar surface area (TPSA) is 39.4 Å². The highest BCUT2D eigenvalue weighted by Gasteiger charge is 2.20. The first-order chi connectivity index (χ1) is 12.3. The van der Waals surface area contributed by atoms with Crippen molar-refractivity contribution in [1.82, 2.24) is 9.55 Å². The summed E-state index contributed by atoms with van der Waals surface area (Å²) in [6, 6.07) is 10.6. The van der Waals surface area contributed by atoms with E-state index >= 15 is 0 Å². The van der Waals surface area contributed by atoms with E-state index in [9.17, 15) is 4.39 Å². The third kappa shape index (κ3) is 3.55. The summed E-state index contributed by atoms with van der Waals surface area (Å²) in [5.41, 5.74) is 2.20. The fourth-order valence-electron chi connectivity index (χ4n) is 3.00. The number of benzene rings is 1. The van der Waals surface area contributed by atoms with Crippen molar-refractivity contribution < 1.29 is 9.13 Å². The molecule has 2 aromatic heterocycles. The lowest BCUT2D eigenvalue weighted by Gasteiger charge is -2.14. The number of thiazole rings is 1. The van der Waals surface area contributed by atoms with Crippen molar-refractivity contribution >= 4 is 17.0 Å². The van der Waals surface area contributed by atoms with Gasteiger partial charge in [-0.3, -0.25) is 4.98 Å². The Morgan fingerprint density at radius 2 is 2.20 bits per heavy atom. The van der Waals surface area contributed by atoms with Gasteiger partial charge >= 0.3 is 0 Å². The molecule has 4 rings (SSSR count). The van der Waals surface area contributed by atoms with Crippen molar-refractivity contribution in [2.45, 2.75) is 25.5 Å². The predicted molar refractivity (Wildman–Crippen MR) is 96.1 cm³/mol. The molecule has 6 heteroatoms. The van der Waals surface area contributed by atoms with Gasteiger partial charge in [0.2, 0.25) is 0 Å². The second-order valence-corrected chi connectivity index (χ2v) is 6.79. The van der Waals surface area contributed by atoms with Crippen molar-refractivity contribution in [3.8, 4) is 11.3 Å². The number of nitrogens with zero attached hydrogens (tertiary/aromatic N) is 3.